The molecule has 2 N–H and O–H groups in total. The minimum absolute atomic E-state index is 0.117. The van der Waals surface area contributed by atoms with Gasteiger partial charge in [-0.15, -0.1) is 0 Å². The number of carbonyl (C=O) groups is 2. The van der Waals surface area contributed by atoms with Gasteiger partial charge in [0.1, 0.15) is 0 Å². The molecule has 1 aliphatic rings. The maximum Gasteiger partial charge on any atom is 0.196 e. The lowest BCUT2D eigenvalue weighted by atomic mass is 9.83. The van der Waals surface area contributed by atoms with Gasteiger partial charge in [-0.2, -0.15) is 0 Å². The zero-order valence-corrected chi connectivity index (χ0v) is 14.6. The smallest absolute Gasteiger partial charge is 0.196 e. The van der Waals surface area contributed by atoms with Crippen LogP contribution in [0.5, 0.6) is 0 Å². The van der Waals surface area contributed by atoms with Crippen molar-refractivity contribution in [3.8, 4) is 0 Å². The normalized spacial score (nSPS) is 12.4. The Bertz CT molecular complexity index is 1050. The van der Waals surface area contributed by atoms with E-state index in [1.807, 2.05) is 37.3 Å². The van der Waals surface area contributed by atoms with Crippen LogP contribution >= 0.6 is 0 Å². The lowest BCUT2D eigenvalue weighted by Crippen LogP contribution is -2.22. The number of rotatable bonds is 3. The largest absolute Gasteiger partial charge is 0.386 e. The standard InChI is InChI=1S/C22H18N2O2/c1-13-7-3-6-10-17(13)24-18-12-11-16-19(20(18)23-2)22(26)15-9-5-4-8-14(15)21(16)25/h3-12,23-24H,1-2H3. The summed E-state index contributed by atoms with van der Waals surface area (Å²) in [6.45, 7) is 2.02. The van der Waals surface area contributed by atoms with Crippen LogP contribution in [0.1, 0.15) is 37.4 Å². The molecule has 26 heavy (non-hydrogen) atoms. The molecule has 0 radical (unpaired) electrons. The SMILES string of the molecule is CNc1c(Nc2ccccc2C)ccc2c1C(=O)c1ccccc1C2=O. The van der Waals surface area contributed by atoms with Crippen LogP contribution < -0.4 is 10.6 Å². The van der Waals surface area contributed by atoms with E-state index in [0.29, 0.717) is 27.9 Å². The monoisotopic (exact) mass is 342 g/mol. The van der Waals surface area contributed by atoms with Gasteiger partial charge in [0.05, 0.1) is 16.9 Å². The third-order valence-corrected chi connectivity index (χ3v) is 4.76. The lowest BCUT2D eigenvalue weighted by molar-refractivity contribution is 0.0979. The first-order chi connectivity index (χ1) is 12.6. The zero-order valence-electron chi connectivity index (χ0n) is 14.6. The second-order valence-corrected chi connectivity index (χ2v) is 6.30. The molecule has 0 amide bonds. The first-order valence-corrected chi connectivity index (χ1v) is 8.47. The Balaban J connectivity index is 1.88. The van der Waals surface area contributed by atoms with Crippen molar-refractivity contribution in [2.75, 3.05) is 17.7 Å². The molecule has 3 aromatic carbocycles. The number of benzene rings is 3. The first kappa shape index (κ1) is 16.1. The maximum atomic E-state index is 13.1. The molecule has 4 nitrogen and oxygen atoms in total. The molecule has 0 fully saturated rings. The van der Waals surface area contributed by atoms with Crippen molar-refractivity contribution in [1.82, 2.24) is 0 Å². The van der Waals surface area contributed by atoms with Crippen LogP contribution in [0.3, 0.4) is 0 Å². The quantitative estimate of drug-likeness (QED) is 0.573. The van der Waals surface area contributed by atoms with E-state index in [0.717, 1.165) is 16.9 Å². The fraction of sp³-hybridized carbons (Fsp3) is 0.0909. The van der Waals surface area contributed by atoms with Crippen LogP contribution in [-0.4, -0.2) is 18.6 Å². The molecular weight excluding hydrogens is 324 g/mol. The van der Waals surface area contributed by atoms with Crippen LogP contribution in [-0.2, 0) is 0 Å². The second-order valence-electron chi connectivity index (χ2n) is 6.30. The van der Waals surface area contributed by atoms with Crippen LogP contribution in [0.15, 0.2) is 60.7 Å². The topological polar surface area (TPSA) is 58.2 Å². The molecule has 4 heteroatoms. The van der Waals surface area contributed by atoms with Crippen LogP contribution in [0.4, 0.5) is 17.1 Å². The molecule has 1 aliphatic carbocycles. The first-order valence-electron chi connectivity index (χ1n) is 8.47. The van der Waals surface area contributed by atoms with Crippen LogP contribution in [0.25, 0.3) is 0 Å². The summed E-state index contributed by atoms with van der Waals surface area (Å²) in [5.41, 5.74) is 5.24. The average Bonchev–Trinajstić information content (AvgIpc) is 2.67. The summed E-state index contributed by atoms with van der Waals surface area (Å²) >= 11 is 0. The van der Waals surface area contributed by atoms with Crippen LogP contribution in [0.2, 0.25) is 0 Å². The van der Waals surface area contributed by atoms with Crippen molar-refractivity contribution in [3.05, 3.63) is 88.5 Å². The maximum absolute atomic E-state index is 13.1. The van der Waals surface area contributed by atoms with Gasteiger partial charge in [-0.05, 0) is 30.7 Å². The van der Waals surface area contributed by atoms with Gasteiger partial charge in [0.15, 0.2) is 11.6 Å². The number of para-hydroxylation sites is 1. The third kappa shape index (κ3) is 2.39. The number of carbonyl (C=O) groups excluding carboxylic acids is 2. The average molecular weight is 342 g/mol. The lowest BCUT2D eigenvalue weighted by Gasteiger charge is -2.23. The van der Waals surface area contributed by atoms with Gasteiger partial charge in [0.25, 0.3) is 0 Å². The van der Waals surface area contributed by atoms with Gasteiger partial charge in [-0.3, -0.25) is 9.59 Å². The minimum atomic E-state index is -0.131. The van der Waals surface area contributed by atoms with E-state index in [1.165, 1.54) is 0 Å². The molecule has 0 aromatic heterocycles. The Kier molecular flexibility index (Phi) is 3.81. The third-order valence-electron chi connectivity index (χ3n) is 4.76. The van der Waals surface area contributed by atoms with Crippen molar-refractivity contribution in [2.45, 2.75) is 6.92 Å². The molecule has 0 atom stereocenters. The number of hydrogen-bond donors (Lipinski definition) is 2. The zero-order chi connectivity index (χ0) is 18.3. The number of anilines is 3. The van der Waals surface area contributed by atoms with E-state index >= 15 is 0 Å². The van der Waals surface area contributed by atoms with E-state index in [4.69, 9.17) is 0 Å². The Labute approximate surface area is 151 Å². The summed E-state index contributed by atoms with van der Waals surface area (Å²) in [7, 11) is 1.76. The number of hydrogen-bond acceptors (Lipinski definition) is 4. The Morgan fingerprint density at radius 1 is 0.692 bits per heavy atom. The van der Waals surface area contributed by atoms with E-state index in [1.54, 1.807) is 37.4 Å². The molecule has 128 valence electrons. The summed E-state index contributed by atoms with van der Waals surface area (Å²) < 4.78 is 0. The Morgan fingerprint density at radius 3 is 2.04 bits per heavy atom. The summed E-state index contributed by atoms with van der Waals surface area (Å²) in [5, 5.41) is 6.48. The van der Waals surface area contributed by atoms with Crippen molar-refractivity contribution >= 4 is 28.6 Å². The second kappa shape index (κ2) is 6.15. The Hall–Kier alpha value is -3.40. The summed E-state index contributed by atoms with van der Waals surface area (Å²) in [4.78, 5) is 25.9. The van der Waals surface area contributed by atoms with Crippen molar-refractivity contribution in [2.24, 2.45) is 0 Å². The molecule has 0 spiro atoms. The number of nitrogens with one attached hydrogen (secondary N) is 2. The van der Waals surface area contributed by atoms with Gasteiger partial charge in [0.2, 0.25) is 0 Å². The van der Waals surface area contributed by atoms with Crippen molar-refractivity contribution in [3.63, 3.8) is 0 Å². The molecule has 3 aromatic rings. The van der Waals surface area contributed by atoms with E-state index < -0.39 is 0 Å². The summed E-state index contributed by atoms with van der Waals surface area (Å²) in [5.74, 6) is -0.248. The molecule has 0 aliphatic heterocycles. The number of aryl methyl sites for hydroxylation is 1. The van der Waals surface area contributed by atoms with Crippen molar-refractivity contribution in [1.29, 1.82) is 0 Å². The highest BCUT2D eigenvalue weighted by molar-refractivity contribution is 6.30. The van der Waals surface area contributed by atoms with Gasteiger partial charge in [0, 0.05) is 29.4 Å². The number of ketones is 2. The molecule has 0 saturated heterocycles. The predicted molar refractivity (Wildman–Crippen MR) is 104 cm³/mol. The van der Waals surface area contributed by atoms with E-state index in [2.05, 4.69) is 10.6 Å². The molecule has 0 unspecified atom stereocenters. The van der Waals surface area contributed by atoms with Gasteiger partial charge in [-0.25, -0.2) is 0 Å². The van der Waals surface area contributed by atoms with Crippen LogP contribution in [0, 0.1) is 6.92 Å². The van der Waals surface area contributed by atoms with Gasteiger partial charge < -0.3 is 10.6 Å². The molecular formula is C22H18N2O2. The fourth-order valence-corrected chi connectivity index (χ4v) is 3.41. The highest BCUT2D eigenvalue weighted by Gasteiger charge is 2.32. The highest BCUT2D eigenvalue weighted by Crippen LogP contribution is 2.37. The molecule has 0 bridgehead atoms. The van der Waals surface area contributed by atoms with E-state index in [-0.39, 0.29) is 11.6 Å². The predicted octanol–water partition coefficient (Wildman–Crippen LogP) is 4.56. The fourth-order valence-electron chi connectivity index (χ4n) is 3.41. The van der Waals surface area contributed by atoms with E-state index in [9.17, 15) is 9.59 Å². The van der Waals surface area contributed by atoms with Crippen molar-refractivity contribution < 1.29 is 9.59 Å². The molecule has 0 saturated carbocycles. The van der Waals surface area contributed by atoms with Gasteiger partial charge >= 0.3 is 0 Å². The Morgan fingerprint density at radius 2 is 1.35 bits per heavy atom. The molecule has 0 heterocycles. The summed E-state index contributed by atoms with van der Waals surface area (Å²) in [6.07, 6.45) is 0. The number of fused-ring (bicyclic) bond motifs is 2. The highest BCUT2D eigenvalue weighted by atomic mass is 16.1. The minimum Gasteiger partial charge on any atom is -0.386 e. The summed E-state index contributed by atoms with van der Waals surface area (Å²) in [6, 6.07) is 18.5. The molecule has 4 rings (SSSR count). The van der Waals surface area contributed by atoms with Gasteiger partial charge in [-0.1, -0.05) is 42.5 Å².